The Kier molecular flexibility index (Phi) is 3.36. The van der Waals surface area contributed by atoms with Gasteiger partial charge in [0, 0.05) is 11.4 Å². The van der Waals surface area contributed by atoms with Crippen LogP contribution in [-0.2, 0) is 0 Å². The highest BCUT2D eigenvalue weighted by molar-refractivity contribution is 8.00. The maximum atomic E-state index is 11.5. The van der Waals surface area contributed by atoms with Gasteiger partial charge in [0.15, 0.2) is 9.50 Å². The van der Waals surface area contributed by atoms with Crippen LogP contribution < -0.4 is 5.69 Å². The second kappa shape index (κ2) is 4.60. The van der Waals surface area contributed by atoms with Gasteiger partial charge in [0.05, 0.1) is 0 Å². The first-order valence-electron chi connectivity index (χ1n) is 4.53. The Balaban J connectivity index is 2.31. The van der Waals surface area contributed by atoms with Crippen LogP contribution in [0.4, 0.5) is 0 Å². The topological polar surface area (TPSA) is 63.6 Å². The number of nitrogens with zero attached hydrogens (tertiary/aromatic N) is 3. The van der Waals surface area contributed by atoms with Gasteiger partial charge in [-0.15, -0.1) is 16.4 Å². The highest BCUT2D eigenvalue weighted by atomic mass is 35.5. The molecule has 2 aromatic heterocycles. The molecular weight excluding hydrogens is 268 g/mol. The van der Waals surface area contributed by atoms with E-state index in [9.17, 15) is 4.79 Å². The van der Waals surface area contributed by atoms with Crippen molar-refractivity contribution in [2.75, 3.05) is 0 Å². The summed E-state index contributed by atoms with van der Waals surface area (Å²) in [5, 5.41) is 9.19. The monoisotopic (exact) mass is 276 g/mol. The predicted octanol–water partition coefficient (Wildman–Crippen LogP) is 2.41. The lowest BCUT2D eigenvalue weighted by Gasteiger charge is -2.06. The van der Waals surface area contributed by atoms with Crippen LogP contribution in [0.5, 0.6) is 0 Å². The molecule has 0 atom stereocenters. The van der Waals surface area contributed by atoms with Gasteiger partial charge in [0.1, 0.15) is 5.15 Å². The summed E-state index contributed by atoms with van der Waals surface area (Å²) >= 11 is 8.48. The van der Waals surface area contributed by atoms with E-state index in [0.29, 0.717) is 10.3 Å². The van der Waals surface area contributed by atoms with Gasteiger partial charge < -0.3 is 0 Å². The second-order valence-electron chi connectivity index (χ2n) is 3.31. The normalized spacial score (nSPS) is 11.2. The smallest absolute Gasteiger partial charge is 0.267 e. The summed E-state index contributed by atoms with van der Waals surface area (Å²) in [7, 11) is 0. The minimum Gasteiger partial charge on any atom is -0.267 e. The predicted molar refractivity (Wildman–Crippen MR) is 64.5 cm³/mol. The average Bonchev–Trinajstić information content (AvgIpc) is 2.74. The molecule has 2 rings (SSSR count). The summed E-state index contributed by atoms with van der Waals surface area (Å²) in [5.41, 5.74) is -0.208. The average molecular weight is 277 g/mol. The number of aromatic nitrogens is 4. The summed E-state index contributed by atoms with van der Waals surface area (Å²) in [5.74, 6) is 0. The molecule has 0 fully saturated rings. The lowest BCUT2D eigenvalue weighted by molar-refractivity contribution is 0.534. The van der Waals surface area contributed by atoms with E-state index in [1.807, 2.05) is 13.8 Å². The number of thiazole rings is 1. The fraction of sp³-hybridized carbons (Fsp3) is 0.375. The third-order valence-electron chi connectivity index (χ3n) is 1.82. The molecule has 0 aromatic carbocycles. The summed E-state index contributed by atoms with van der Waals surface area (Å²) in [4.78, 5) is 15.6. The standard InChI is InChI=1S/C8H9ClN4OS2/c1-4(2)13-6(14)11-12-7(13)16-8-10-5(9)3-15-8/h3-4H,1-2H3,(H,11,14). The van der Waals surface area contributed by atoms with Crippen LogP contribution in [0, 0.1) is 0 Å². The number of H-pyrrole nitrogens is 1. The van der Waals surface area contributed by atoms with E-state index in [1.54, 1.807) is 9.95 Å². The number of rotatable bonds is 3. The third kappa shape index (κ3) is 2.31. The van der Waals surface area contributed by atoms with Crippen LogP contribution in [-0.4, -0.2) is 19.7 Å². The van der Waals surface area contributed by atoms with Crippen molar-refractivity contribution >= 4 is 34.7 Å². The van der Waals surface area contributed by atoms with E-state index >= 15 is 0 Å². The van der Waals surface area contributed by atoms with Crippen LogP contribution in [0.1, 0.15) is 19.9 Å². The Morgan fingerprint density at radius 3 is 2.94 bits per heavy atom. The molecule has 2 aromatic rings. The minimum absolute atomic E-state index is 0.0594. The minimum atomic E-state index is -0.208. The van der Waals surface area contributed by atoms with Gasteiger partial charge in [-0.05, 0) is 25.6 Å². The highest BCUT2D eigenvalue weighted by Crippen LogP contribution is 2.30. The summed E-state index contributed by atoms with van der Waals surface area (Å²) in [6.07, 6.45) is 0. The van der Waals surface area contributed by atoms with Crippen molar-refractivity contribution in [3.63, 3.8) is 0 Å². The summed E-state index contributed by atoms with van der Waals surface area (Å²) in [6, 6.07) is 0.0594. The molecule has 0 radical (unpaired) electrons. The molecule has 0 amide bonds. The Labute approximate surface area is 105 Å². The summed E-state index contributed by atoms with van der Waals surface area (Å²) < 4.78 is 2.35. The molecule has 0 spiro atoms. The van der Waals surface area contributed by atoms with Crippen molar-refractivity contribution in [1.82, 2.24) is 19.7 Å². The van der Waals surface area contributed by atoms with Crippen LogP contribution in [0.2, 0.25) is 5.15 Å². The van der Waals surface area contributed by atoms with Crippen molar-refractivity contribution in [3.05, 3.63) is 21.0 Å². The van der Waals surface area contributed by atoms with Gasteiger partial charge in [-0.3, -0.25) is 4.57 Å². The van der Waals surface area contributed by atoms with Crippen LogP contribution in [0.15, 0.2) is 19.7 Å². The molecule has 8 heteroatoms. The molecule has 5 nitrogen and oxygen atoms in total. The Bertz CT molecular complexity index is 544. The van der Waals surface area contributed by atoms with Gasteiger partial charge in [0.2, 0.25) is 0 Å². The van der Waals surface area contributed by atoms with E-state index in [1.165, 1.54) is 23.1 Å². The zero-order valence-corrected chi connectivity index (χ0v) is 11.0. The largest absolute Gasteiger partial charge is 0.344 e. The first-order chi connectivity index (χ1) is 7.58. The molecule has 1 N–H and O–H groups in total. The fourth-order valence-corrected chi connectivity index (χ4v) is 3.25. The van der Waals surface area contributed by atoms with Crippen LogP contribution in [0.25, 0.3) is 0 Å². The molecule has 16 heavy (non-hydrogen) atoms. The summed E-state index contributed by atoms with van der Waals surface area (Å²) in [6.45, 7) is 3.85. The first kappa shape index (κ1) is 11.7. The molecule has 0 unspecified atom stereocenters. The van der Waals surface area contributed by atoms with Gasteiger partial charge in [-0.25, -0.2) is 14.9 Å². The van der Waals surface area contributed by atoms with E-state index in [4.69, 9.17) is 11.6 Å². The number of aromatic amines is 1. The van der Waals surface area contributed by atoms with Crippen molar-refractivity contribution in [1.29, 1.82) is 0 Å². The Morgan fingerprint density at radius 2 is 2.38 bits per heavy atom. The zero-order valence-electron chi connectivity index (χ0n) is 8.60. The fourth-order valence-electron chi connectivity index (χ4n) is 1.18. The van der Waals surface area contributed by atoms with E-state index < -0.39 is 0 Å². The lowest BCUT2D eigenvalue weighted by atomic mass is 10.4. The van der Waals surface area contributed by atoms with Crippen LogP contribution in [0.3, 0.4) is 0 Å². The van der Waals surface area contributed by atoms with Crippen molar-refractivity contribution in [3.8, 4) is 0 Å². The molecule has 0 saturated heterocycles. The van der Waals surface area contributed by atoms with E-state index in [2.05, 4.69) is 15.2 Å². The van der Waals surface area contributed by atoms with Crippen LogP contribution >= 0.6 is 34.7 Å². The van der Waals surface area contributed by atoms with Gasteiger partial charge in [-0.1, -0.05) is 11.6 Å². The lowest BCUT2D eigenvalue weighted by Crippen LogP contribution is -2.19. The highest BCUT2D eigenvalue weighted by Gasteiger charge is 2.14. The third-order valence-corrected chi connectivity index (χ3v) is 4.05. The molecule has 0 saturated carbocycles. The molecule has 0 aliphatic heterocycles. The number of hydrogen-bond donors (Lipinski definition) is 1. The Morgan fingerprint density at radius 1 is 1.62 bits per heavy atom. The molecule has 0 bridgehead atoms. The molecule has 2 heterocycles. The quantitative estimate of drug-likeness (QED) is 0.935. The molecule has 0 aliphatic rings. The van der Waals surface area contributed by atoms with E-state index in [-0.39, 0.29) is 11.7 Å². The molecular formula is C8H9ClN4OS2. The van der Waals surface area contributed by atoms with Crippen molar-refractivity contribution in [2.45, 2.75) is 29.4 Å². The van der Waals surface area contributed by atoms with Crippen molar-refractivity contribution in [2.24, 2.45) is 0 Å². The second-order valence-corrected chi connectivity index (χ2v) is 5.77. The SMILES string of the molecule is CC(C)n1c(Sc2nc(Cl)cs2)n[nH]c1=O. The molecule has 86 valence electrons. The number of hydrogen-bond acceptors (Lipinski definition) is 5. The Hall–Kier alpha value is -0.790. The molecule has 0 aliphatic carbocycles. The maximum absolute atomic E-state index is 11.5. The van der Waals surface area contributed by atoms with Gasteiger partial charge in [-0.2, -0.15) is 0 Å². The van der Waals surface area contributed by atoms with Gasteiger partial charge >= 0.3 is 5.69 Å². The van der Waals surface area contributed by atoms with Crippen molar-refractivity contribution < 1.29 is 0 Å². The van der Waals surface area contributed by atoms with E-state index in [0.717, 1.165) is 4.34 Å². The first-order valence-corrected chi connectivity index (χ1v) is 6.61. The maximum Gasteiger partial charge on any atom is 0.344 e. The number of nitrogens with one attached hydrogen (secondary N) is 1. The number of halogens is 1. The zero-order chi connectivity index (χ0) is 11.7. The van der Waals surface area contributed by atoms with Gasteiger partial charge in [0.25, 0.3) is 0 Å².